The third kappa shape index (κ3) is 12.4. The van der Waals surface area contributed by atoms with Gasteiger partial charge in [0.05, 0.1) is 0 Å². The number of fused-ring (bicyclic) bond motifs is 9. The average molecular weight is 1400 g/mol. The maximum absolute atomic E-state index is 11.2. The van der Waals surface area contributed by atoms with Crippen LogP contribution in [-0.4, -0.2) is 0 Å². The standard InChI is InChI=1S/C96H66N4O8/c1-9-57-25-29-65-45-69(37-33-61(65)41-57)101-81-17-13-21-85(75(81)53-97)105-89-49-73-79(51-91(89)107-87-23-15-19-83(77(87)55-99)103-71-39-35-63-43-59(11-3)27-31-67(63)47-71)95(5,6)94-74-50-90(106-86-22-14-18-82(76(86)54-98)102-70-38-34-62-42-58(10-2)26-30-66(62)46-70)92(52-80(74)96(7,8)93(73)94)108-88-24-16-20-84(78(88)56-100)104-72-40-36-64-44-60(12-4)28-32-68(64)48-72/h9-52,93-94H,1-4H2,5-8H3. The minimum atomic E-state index is -0.696. The fourth-order valence-electron chi connectivity index (χ4n) is 15.3. The van der Waals surface area contributed by atoms with Crippen molar-refractivity contribution in [2.75, 3.05) is 0 Å². The van der Waals surface area contributed by atoms with Gasteiger partial charge >= 0.3 is 0 Å². The van der Waals surface area contributed by atoms with Gasteiger partial charge in [0.15, 0.2) is 23.0 Å². The Hall–Kier alpha value is -14.6. The van der Waals surface area contributed by atoms with E-state index in [1.807, 2.05) is 170 Å². The molecule has 0 heterocycles. The van der Waals surface area contributed by atoms with E-state index in [1.165, 1.54) is 0 Å². The summed E-state index contributed by atoms with van der Waals surface area (Å²) in [5.74, 6) is 4.35. The van der Waals surface area contributed by atoms with Crippen LogP contribution < -0.4 is 37.9 Å². The molecule has 2 atom stereocenters. The molecule has 2 aliphatic carbocycles. The monoisotopic (exact) mass is 1400 g/mol. The number of hydrogen-bond donors (Lipinski definition) is 0. The van der Waals surface area contributed by atoms with Crippen molar-refractivity contribution >= 4 is 67.4 Å². The third-order valence-corrected chi connectivity index (χ3v) is 20.7. The molecule has 2 unspecified atom stereocenters. The van der Waals surface area contributed by atoms with Crippen LogP contribution in [0.3, 0.4) is 0 Å². The van der Waals surface area contributed by atoms with Gasteiger partial charge in [-0.2, -0.15) is 21.0 Å². The summed E-state index contributed by atoms with van der Waals surface area (Å²) in [4.78, 5) is 0. The first-order valence-corrected chi connectivity index (χ1v) is 35.1. The number of rotatable bonds is 20. The van der Waals surface area contributed by atoms with Crippen molar-refractivity contribution in [2.24, 2.45) is 0 Å². The van der Waals surface area contributed by atoms with Gasteiger partial charge in [0.25, 0.3) is 0 Å². The van der Waals surface area contributed by atoms with E-state index in [0.717, 1.165) is 87.6 Å². The lowest BCUT2D eigenvalue weighted by atomic mass is 9.72. The van der Waals surface area contributed by atoms with Gasteiger partial charge in [-0.25, -0.2) is 0 Å². The molecular formula is C96H66N4O8. The van der Waals surface area contributed by atoms with Crippen molar-refractivity contribution < 1.29 is 37.9 Å². The fraction of sp³-hybridized carbons (Fsp3) is 0.0833. The zero-order valence-corrected chi connectivity index (χ0v) is 59.4. The van der Waals surface area contributed by atoms with Crippen LogP contribution in [0.25, 0.3) is 67.4 Å². The summed E-state index contributed by atoms with van der Waals surface area (Å²) in [5, 5.41) is 52.3. The molecular weight excluding hydrogens is 1340 g/mol. The van der Waals surface area contributed by atoms with Crippen LogP contribution in [0.15, 0.2) is 269 Å². The van der Waals surface area contributed by atoms with Crippen LogP contribution in [0.4, 0.5) is 0 Å². The topological polar surface area (TPSA) is 169 Å². The highest BCUT2D eigenvalue weighted by Crippen LogP contribution is 2.69. The number of hydrogen-bond acceptors (Lipinski definition) is 12. The Kier molecular flexibility index (Phi) is 17.3. The number of benzene rings is 14. The van der Waals surface area contributed by atoms with E-state index in [0.29, 0.717) is 23.0 Å². The van der Waals surface area contributed by atoms with Gasteiger partial charge in [-0.05, 0) is 244 Å². The summed E-state index contributed by atoms with van der Waals surface area (Å²) < 4.78 is 54.6. The molecule has 12 heteroatoms. The van der Waals surface area contributed by atoms with Crippen molar-refractivity contribution in [1.29, 1.82) is 21.0 Å². The quantitative estimate of drug-likeness (QED) is 0.0709. The van der Waals surface area contributed by atoms with E-state index in [9.17, 15) is 21.0 Å². The van der Waals surface area contributed by atoms with Crippen LogP contribution in [-0.2, 0) is 10.8 Å². The lowest BCUT2D eigenvalue weighted by molar-refractivity contribution is 0.348. The zero-order chi connectivity index (χ0) is 74.5. The van der Waals surface area contributed by atoms with E-state index in [2.05, 4.69) is 78.3 Å². The van der Waals surface area contributed by atoms with Crippen LogP contribution in [0.2, 0.25) is 0 Å². The van der Waals surface area contributed by atoms with Gasteiger partial charge in [0.2, 0.25) is 0 Å². The summed E-state index contributed by atoms with van der Waals surface area (Å²) in [6.45, 7) is 24.5. The lowest BCUT2D eigenvalue weighted by Gasteiger charge is -2.31. The minimum absolute atomic E-state index is 0.128. The average Bonchev–Trinajstić information content (AvgIpc) is 1.52. The van der Waals surface area contributed by atoms with Crippen molar-refractivity contribution in [2.45, 2.75) is 50.4 Å². The molecule has 0 saturated heterocycles. The normalized spacial score (nSPS) is 14.0. The second-order valence-electron chi connectivity index (χ2n) is 27.8. The van der Waals surface area contributed by atoms with Gasteiger partial charge in [-0.3, -0.25) is 0 Å². The summed E-state index contributed by atoms with van der Waals surface area (Å²) in [6.07, 6.45) is 7.20. The summed E-state index contributed by atoms with van der Waals surface area (Å²) in [7, 11) is 0. The van der Waals surface area contributed by atoms with Gasteiger partial charge < -0.3 is 37.9 Å². The first-order valence-electron chi connectivity index (χ1n) is 35.1. The van der Waals surface area contributed by atoms with E-state index >= 15 is 0 Å². The fourth-order valence-corrected chi connectivity index (χ4v) is 15.3. The zero-order valence-electron chi connectivity index (χ0n) is 59.4. The first kappa shape index (κ1) is 67.9. The number of ether oxygens (including phenoxy) is 8. The second-order valence-corrected chi connectivity index (χ2v) is 27.8. The van der Waals surface area contributed by atoms with Crippen molar-refractivity contribution in [3.8, 4) is 116 Å². The highest BCUT2D eigenvalue weighted by Gasteiger charge is 2.59. The number of nitriles is 4. The number of nitrogens with zero attached hydrogens (tertiary/aromatic N) is 4. The maximum atomic E-state index is 11.2. The van der Waals surface area contributed by atoms with Gasteiger partial charge in [0.1, 0.15) is 116 Å². The van der Waals surface area contributed by atoms with Crippen molar-refractivity contribution in [1.82, 2.24) is 0 Å². The molecule has 0 N–H and O–H groups in total. The maximum Gasteiger partial charge on any atom is 0.170 e. The molecule has 14 aromatic carbocycles. The molecule has 12 nitrogen and oxygen atoms in total. The Morgan fingerprint density at radius 3 is 0.704 bits per heavy atom. The molecule has 0 spiro atoms. The van der Waals surface area contributed by atoms with Crippen LogP contribution in [0, 0.1) is 45.3 Å². The molecule has 0 bridgehead atoms. The van der Waals surface area contributed by atoms with Gasteiger partial charge in [0, 0.05) is 11.8 Å². The molecule has 108 heavy (non-hydrogen) atoms. The predicted molar refractivity (Wildman–Crippen MR) is 426 cm³/mol. The molecule has 0 saturated carbocycles. The highest BCUT2D eigenvalue weighted by atomic mass is 16.5. The highest BCUT2D eigenvalue weighted by molar-refractivity contribution is 5.89. The Morgan fingerprint density at radius 2 is 0.472 bits per heavy atom. The molecule has 0 amide bonds. The molecule has 0 fully saturated rings. The minimum Gasteiger partial charge on any atom is -0.456 e. The Labute approximate surface area is 625 Å². The molecule has 518 valence electrons. The second kappa shape index (κ2) is 27.6. The molecule has 0 aliphatic heterocycles. The largest absolute Gasteiger partial charge is 0.456 e. The Balaban J connectivity index is 0.812. The van der Waals surface area contributed by atoms with E-state index in [1.54, 1.807) is 97.1 Å². The lowest BCUT2D eigenvalue weighted by Crippen LogP contribution is -2.25. The third-order valence-electron chi connectivity index (χ3n) is 20.7. The predicted octanol–water partition coefficient (Wildman–Crippen LogP) is 26.1. The molecule has 16 rings (SSSR count). The molecule has 14 aromatic rings. The smallest absolute Gasteiger partial charge is 0.170 e. The van der Waals surface area contributed by atoms with Crippen molar-refractivity contribution in [3.05, 3.63) is 336 Å². The van der Waals surface area contributed by atoms with Crippen LogP contribution in [0.1, 0.15) is 106 Å². The first-order chi connectivity index (χ1) is 52.5. The Bertz CT molecular complexity index is 5950. The van der Waals surface area contributed by atoms with E-state index < -0.39 is 10.8 Å². The summed E-state index contributed by atoms with van der Waals surface area (Å²) in [5.41, 5.74) is 6.82. The molecule has 0 radical (unpaired) electrons. The Morgan fingerprint density at radius 1 is 0.259 bits per heavy atom. The van der Waals surface area contributed by atoms with Crippen molar-refractivity contribution in [3.63, 3.8) is 0 Å². The van der Waals surface area contributed by atoms with E-state index in [-0.39, 0.29) is 103 Å². The SMILES string of the molecule is C=Cc1ccc2cc(Oc3cccc(Oc4cc5c(cc4Oc4cccc(Oc6ccc7cc(C=C)ccc7c6)c4C#N)C(C)(C)C4c6cc(Oc7cccc(Oc8ccc9cc(C=C)ccc9c8)c7C#N)c(Oc7cccc(Oc8ccc9cc(C=C)ccc9c8)c7C#N)cc6C(C)(C)C54)c3C#N)ccc2c1. The molecule has 0 aromatic heterocycles. The van der Waals surface area contributed by atoms with Gasteiger partial charge in [-0.1, -0.05) is 175 Å². The molecule has 2 aliphatic rings. The van der Waals surface area contributed by atoms with E-state index in [4.69, 9.17) is 37.9 Å². The summed E-state index contributed by atoms with van der Waals surface area (Å²) in [6, 6.07) is 85.4. The summed E-state index contributed by atoms with van der Waals surface area (Å²) >= 11 is 0. The van der Waals surface area contributed by atoms with Crippen LogP contribution >= 0.6 is 0 Å². The van der Waals surface area contributed by atoms with Gasteiger partial charge in [-0.15, -0.1) is 0 Å². The van der Waals surface area contributed by atoms with Crippen LogP contribution in [0.5, 0.6) is 92.0 Å².